The van der Waals surface area contributed by atoms with Crippen LogP contribution in [0.15, 0.2) is 27.6 Å². The van der Waals surface area contributed by atoms with Crippen LogP contribution in [0, 0.1) is 0 Å². The van der Waals surface area contributed by atoms with Gasteiger partial charge in [-0.3, -0.25) is 0 Å². The third kappa shape index (κ3) is 3.72. The molecule has 1 fully saturated rings. The van der Waals surface area contributed by atoms with Gasteiger partial charge in [0.1, 0.15) is 5.75 Å². The number of quaternary nitrogens is 1. The van der Waals surface area contributed by atoms with Crippen molar-refractivity contribution in [2.24, 2.45) is 0 Å². The summed E-state index contributed by atoms with van der Waals surface area (Å²) in [6, 6.07) is 4.81. The van der Waals surface area contributed by atoms with Crippen LogP contribution in [0.3, 0.4) is 0 Å². The minimum atomic E-state index is -3.47. The Labute approximate surface area is 128 Å². The van der Waals surface area contributed by atoms with E-state index in [-0.39, 0.29) is 10.9 Å². The van der Waals surface area contributed by atoms with Gasteiger partial charge in [0.15, 0.2) is 0 Å². The maximum Gasteiger partial charge on any atom is 0.240 e. The van der Waals surface area contributed by atoms with Crippen LogP contribution in [-0.2, 0) is 10.0 Å². The smallest absolute Gasteiger partial charge is 0.240 e. The Hall–Kier alpha value is -0.630. The zero-order valence-corrected chi connectivity index (χ0v) is 14.1. The fourth-order valence-electron chi connectivity index (χ4n) is 2.33. The van der Waals surface area contributed by atoms with Crippen molar-refractivity contribution < 1.29 is 18.1 Å². The van der Waals surface area contributed by atoms with E-state index < -0.39 is 10.0 Å². The minimum absolute atomic E-state index is 0.0320. The van der Waals surface area contributed by atoms with Gasteiger partial charge in [0.05, 0.1) is 36.6 Å². The number of piperidine rings is 1. The molecule has 0 spiro atoms. The third-order valence-corrected chi connectivity index (χ3v) is 5.73. The molecule has 1 aliphatic heterocycles. The first-order valence-electron chi connectivity index (χ1n) is 6.59. The average molecular weight is 364 g/mol. The lowest BCUT2D eigenvalue weighted by atomic mass is 10.1. The highest BCUT2D eigenvalue weighted by atomic mass is 79.9. The summed E-state index contributed by atoms with van der Waals surface area (Å²) in [6.45, 7) is 2.00. The number of nitrogens with one attached hydrogen (secondary N) is 2. The minimum Gasteiger partial charge on any atom is -0.496 e. The number of rotatable bonds is 4. The number of hydrogen-bond acceptors (Lipinski definition) is 3. The van der Waals surface area contributed by atoms with Crippen molar-refractivity contribution in [3.8, 4) is 5.75 Å². The van der Waals surface area contributed by atoms with Crippen LogP contribution in [0.1, 0.15) is 12.8 Å². The fraction of sp³-hybridized carbons (Fsp3) is 0.538. The number of likely N-dealkylation sites (tertiary alicyclic amines) is 1. The summed E-state index contributed by atoms with van der Waals surface area (Å²) < 4.78 is 33.2. The lowest BCUT2D eigenvalue weighted by molar-refractivity contribution is -0.884. The first-order chi connectivity index (χ1) is 9.42. The van der Waals surface area contributed by atoms with Gasteiger partial charge in [-0.25, -0.2) is 13.1 Å². The third-order valence-electron chi connectivity index (χ3n) is 3.59. The molecule has 5 nitrogen and oxygen atoms in total. The van der Waals surface area contributed by atoms with E-state index in [4.69, 9.17) is 4.74 Å². The summed E-state index contributed by atoms with van der Waals surface area (Å²) in [4.78, 5) is 1.71. The molecule has 0 aromatic heterocycles. The van der Waals surface area contributed by atoms with Crippen LogP contribution in [0.2, 0.25) is 0 Å². The van der Waals surface area contributed by atoms with E-state index in [1.807, 2.05) is 0 Å². The molecule has 1 saturated heterocycles. The predicted octanol–water partition coefficient (Wildman–Crippen LogP) is 0.413. The second-order valence-corrected chi connectivity index (χ2v) is 7.72. The number of hydrogen-bond donors (Lipinski definition) is 2. The van der Waals surface area contributed by atoms with Crippen LogP contribution in [-0.4, -0.2) is 41.7 Å². The zero-order valence-electron chi connectivity index (χ0n) is 11.6. The second-order valence-electron chi connectivity index (χ2n) is 5.15. The maximum absolute atomic E-state index is 12.4. The molecule has 0 saturated carbocycles. The summed E-state index contributed by atoms with van der Waals surface area (Å²) in [7, 11) is 0.210. The highest BCUT2D eigenvalue weighted by Gasteiger charge is 2.25. The van der Waals surface area contributed by atoms with Crippen molar-refractivity contribution in [3.63, 3.8) is 0 Å². The average Bonchev–Trinajstić information content (AvgIpc) is 2.41. The van der Waals surface area contributed by atoms with Crippen LogP contribution in [0.5, 0.6) is 5.75 Å². The Bertz CT molecular complexity index is 569. The van der Waals surface area contributed by atoms with Gasteiger partial charge in [0, 0.05) is 18.9 Å². The molecule has 20 heavy (non-hydrogen) atoms. The molecule has 2 rings (SSSR count). The Morgan fingerprint density at radius 1 is 1.35 bits per heavy atom. The van der Waals surface area contributed by atoms with Gasteiger partial charge < -0.3 is 9.64 Å². The Balaban J connectivity index is 2.12. The van der Waals surface area contributed by atoms with Gasteiger partial charge in [-0.2, -0.15) is 0 Å². The van der Waals surface area contributed by atoms with Crippen molar-refractivity contribution in [1.29, 1.82) is 0 Å². The van der Waals surface area contributed by atoms with Gasteiger partial charge in [-0.1, -0.05) is 0 Å². The molecule has 0 atom stereocenters. The van der Waals surface area contributed by atoms with E-state index in [2.05, 4.69) is 27.7 Å². The SMILES string of the molecule is COc1ccc(S(=O)(=O)NC2CC[NH+](C)CC2)cc1Br. The van der Waals surface area contributed by atoms with Crippen LogP contribution in [0.25, 0.3) is 0 Å². The first-order valence-corrected chi connectivity index (χ1v) is 8.87. The molecule has 1 aliphatic rings. The standard InChI is InChI=1S/C13H19BrN2O3S/c1-16-7-5-10(6-8-16)15-20(17,18)11-3-4-13(19-2)12(14)9-11/h3-4,9-10,15H,5-8H2,1-2H3/p+1. The van der Waals surface area contributed by atoms with Crippen molar-refractivity contribution in [1.82, 2.24) is 4.72 Å². The Morgan fingerprint density at radius 2 is 2.00 bits per heavy atom. The summed E-state index contributed by atoms with van der Waals surface area (Å²) in [5, 5.41) is 0. The molecule has 2 N–H and O–H groups in total. The van der Waals surface area contributed by atoms with Crippen molar-refractivity contribution >= 4 is 26.0 Å². The number of sulfonamides is 1. The molecule has 1 aromatic carbocycles. The fourth-order valence-corrected chi connectivity index (χ4v) is 4.35. The normalized spacial score (nSPS) is 23.6. The second kappa shape index (κ2) is 6.43. The van der Waals surface area contributed by atoms with Crippen LogP contribution < -0.4 is 14.4 Å². The van der Waals surface area contributed by atoms with E-state index in [0.29, 0.717) is 10.2 Å². The van der Waals surface area contributed by atoms with Crippen LogP contribution in [0.4, 0.5) is 0 Å². The first kappa shape index (κ1) is 15.8. The number of ether oxygens (including phenoxy) is 1. The molecule has 7 heteroatoms. The lowest BCUT2D eigenvalue weighted by Crippen LogP contribution is -3.10. The quantitative estimate of drug-likeness (QED) is 0.814. The van der Waals surface area contributed by atoms with E-state index in [9.17, 15) is 8.42 Å². The Kier molecular flexibility index (Phi) is 5.06. The number of benzene rings is 1. The zero-order chi connectivity index (χ0) is 14.8. The van der Waals surface area contributed by atoms with E-state index >= 15 is 0 Å². The molecule has 0 unspecified atom stereocenters. The number of halogens is 1. The maximum atomic E-state index is 12.4. The summed E-state index contributed by atoms with van der Waals surface area (Å²) >= 11 is 3.31. The molecule has 0 aliphatic carbocycles. The lowest BCUT2D eigenvalue weighted by Gasteiger charge is -2.26. The number of methoxy groups -OCH3 is 1. The van der Waals surface area contributed by atoms with Gasteiger partial charge in [-0.05, 0) is 34.1 Å². The highest BCUT2D eigenvalue weighted by Crippen LogP contribution is 2.27. The van der Waals surface area contributed by atoms with Crippen LogP contribution >= 0.6 is 15.9 Å². The van der Waals surface area contributed by atoms with Crippen molar-refractivity contribution in [3.05, 3.63) is 22.7 Å². The Morgan fingerprint density at radius 3 is 2.55 bits per heavy atom. The van der Waals surface area contributed by atoms with Crippen molar-refractivity contribution in [2.45, 2.75) is 23.8 Å². The predicted molar refractivity (Wildman–Crippen MR) is 80.7 cm³/mol. The van der Waals surface area contributed by atoms with E-state index in [1.165, 1.54) is 4.90 Å². The van der Waals surface area contributed by atoms with Crippen molar-refractivity contribution in [2.75, 3.05) is 27.2 Å². The highest BCUT2D eigenvalue weighted by molar-refractivity contribution is 9.10. The van der Waals surface area contributed by atoms with Gasteiger partial charge >= 0.3 is 0 Å². The molecule has 0 amide bonds. The molecule has 1 heterocycles. The molecule has 112 valence electrons. The van der Waals surface area contributed by atoms with E-state index in [0.717, 1.165) is 25.9 Å². The largest absolute Gasteiger partial charge is 0.496 e. The summed E-state index contributed by atoms with van der Waals surface area (Å²) in [5.41, 5.74) is 0. The summed E-state index contributed by atoms with van der Waals surface area (Å²) in [6.07, 6.45) is 1.75. The molecular weight excluding hydrogens is 344 g/mol. The van der Waals surface area contributed by atoms with Gasteiger partial charge in [0.2, 0.25) is 10.0 Å². The molecule has 0 radical (unpaired) electrons. The van der Waals surface area contributed by atoms with E-state index in [1.54, 1.807) is 25.3 Å². The topological polar surface area (TPSA) is 59.8 Å². The summed E-state index contributed by atoms with van der Waals surface area (Å²) in [5.74, 6) is 0.617. The molecular formula is C13H20BrN2O3S+. The monoisotopic (exact) mass is 363 g/mol. The molecule has 1 aromatic rings. The molecule has 0 bridgehead atoms. The van der Waals surface area contributed by atoms with Gasteiger partial charge in [0.25, 0.3) is 0 Å². The van der Waals surface area contributed by atoms with Gasteiger partial charge in [-0.15, -0.1) is 0 Å².